The normalized spacial score (nSPS) is 14.4. The molecule has 5 nitrogen and oxygen atoms in total. The molecule has 1 aliphatic carbocycles. The zero-order valence-corrected chi connectivity index (χ0v) is 16.6. The third-order valence-electron chi connectivity index (χ3n) is 5.72. The van der Waals surface area contributed by atoms with Gasteiger partial charge in [-0.15, -0.1) is 0 Å². The quantitative estimate of drug-likeness (QED) is 0.660. The Kier molecular flexibility index (Phi) is 4.83. The van der Waals surface area contributed by atoms with E-state index in [1.807, 2.05) is 30.5 Å². The van der Waals surface area contributed by atoms with Crippen LogP contribution in [0.5, 0.6) is 0 Å². The van der Waals surface area contributed by atoms with Crippen molar-refractivity contribution >= 4 is 22.9 Å². The average molecular weight is 390 g/mol. The molecule has 0 atom stereocenters. The first-order chi connectivity index (χ1) is 13.9. The molecule has 148 valence electrons. The van der Waals surface area contributed by atoms with Gasteiger partial charge in [-0.1, -0.05) is 32.0 Å². The maximum atomic E-state index is 14.2. The number of fused-ring (bicyclic) bond motifs is 1. The highest BCUT2D eigenvalue weighted by molar-refractivity contribution is 5.92. The van der Waals surface area contributed by atoms with Gasteiger partial charge in [0.25, 0.3) is 0 Å². The molecule has 2 aromatic carbocycles. The number of aromatic nitrogens is 2. The lowest BCUT2D eigenvalue weighted by Crippen LogP contribution is -2.28. The molecule has 1 heterocycles. The topological polar surface area (TPSA) is 70.7 Å². The summed E-state index contributed by atoms with van der Waals surface area (Å²) in [6, 6.07) is 14.3. The Morgan fingerprint density at radius 1 is 1.31 bits per heavy atom. The maximum absolute atomic E-state index is 14.2. The zero-order chi connectivity index (χ0) is 20.6. The van der Waals surface area contributed by atoms with Crippen molar-refractivity contribution in [2.75, 3.05) is 5.32 Å². The Hall–Kier alpha value is -3.20. The standard InChI is InChI=1S/C23H23FN4O/c1-23(2,17-8-3-4-9-18(17)24)13-21(29)27-22-26-19-11-10-15(14-25)12-20(19)28(22)16-6-5-7-16/h3-4,8-12,16H,5-7,13H2,1-2H3,(H,26,27,29). The van der Waals surface area contributed by atoms with E-state index in [9.17, 15) is 14.4 Å². The van der Waals surface area contributed by atoms with Crippen LogP contribution in [0.3, 0.4) is 0 Å². The molecule has 0 aliphatic heterocycles. The average Bonchev–Trinajstić information content (AvgIpc) is 2.97. The van der Waals surface area contributed by atoms with Crippen molar-refractivity contribution < 1.29 is 9.18 Å². The molecule has 1 fully saturated rings. The fourth-order valence-electron chi connectivity index (χ4n) is 3.94. The van der Waals surface area contributed by atoms with Gasteiger partial charge >= 0.3 is 0 Å². The van der Waals surface area contributed by atoms with Crippen molar-refractivity contribution in [3.8, 4) is 6.07 Å². The Bertz CT molecular complexity index is 1120. The first kappa shape index (κ1) is 19.1. The van der Waals surface area contributed by atoms with Crippen molar-refractivity contribution in [3.63, 3.8) is 0 Å². The lowest BCUT2D eigenvalue weighted by Gasteiger charge is -2.29. The van der Waals surface area contributed by atoms with Gasteiger partial charge < -0.3 is 4.57 Å². The number of benzene rings is 2. The van der Waals surface area contributed by atoms with Gasteiger partial charge in [-0.2, -0.15) is 5.26 Å². The van der Waals surface area contributed by atoms with Crippen molar-refractivity contribution in [2.24, 2.45) is 0 Å². The first-order valence-electron chi connectivity index (χ1n) is 9.86. The fraction of sp³-hybridized carbons (Fsp3) is 0.348. The van der Waals surface area contributed by atoms with Crippen LogP contribution in [0.4, 0.5) is 10.3 Å². The van der Waals surface area contributed by atoms with Crippen LogP contribution in [0.25, 0.3) is 11.0 Å². The predicted molar refractivity (Wildman–Crippen MR) is 110 cm³/mol. The molecule has 1 saturated carbocycles. The number of amides is 1. The van der Waals surface area contributed by atoms with Gasteiger partial charge in [-0.05, 0) is 49.1 Å². The highest BCUT2D eigenvalue weighted by atomic mass is 19.1. The van der Waals surface area contributed by atoms with Gasteiger partial charge in [0, 0.05) is 17.9 Å². The molecular formula is C23H23FN4O. The van der Waals surface area contributed by atoms with Crippen LogP contribution in [0.1, 0.15) is 56.7 Å². The highest BCUT2D eigenvalue weighted by Crippen LogP contribution is 2.38. The monoisotopic (exact) mass is 390 g/mol. The van der Waals surface area contributed by atoms with Crippen LogP contribution in [0.2, 0.25) is 0 Å². The van der Waals surface area contributed by atoms with Crippen LogP contribution in [-0.4, -0.2) is 15.5 Å². The SMILES string of the molecule is CC(C)(CC(=O)Nc1nc2ccc(C#N)cc2n1C1CCC1)c1ccccc1F. The van der Waals surface area contributed by atoms with Gasteiger partial charge in [0.1, 0.15) is 5.82 Å². The van der Waals surface area contributed by atoms with E-state index in [2.05, 4.69) is 16.4 Å². The number of halogens is 1. The van der Waals surface area contributed by atoms with Crippen LogP contribution in [0.15, 0.2) is 42.5 Å². The number of hydrogen-bond acceptors (Lipinski definition) is 3. The summed E-state index contributed by atoms with van der Waals surface area (Å²) in [4.78, 5) is 17.5. The molecule has 1 N–H and O–H groups in total. The molecule has 29 heavy (non-hydrogen) atoms. The summed E-state index contributed by atoms with van der Waals surface area (Å²) in [5.74, 6) is -0.0280. The van der Waals surface area contributed by atoms with E-state index in [4.69, 9.17) is 0 Å². The number of carbonyl (C=O) groups is 1. The molecule has 4 rings (SSSR count). The van der Waals surface area contributed by atoms with E-state index in [-0.39, 0.29) is 24.2 Å². The summed E-state index contributed by atoms with van der Waals surface area (Å²) in [6.45, 7) is 3.72. The summed E-state index contributed by atoms with van der Waals surface area (Å²) in [6.07, 6.45) is 3.30. The summed E-state index contributed by atoms with van der Waals surface area (Å²) in [7, 11) is 0. The van der Waals surface area contributed by atoms with Crippen LogP contribution < -0.4 is 5.32 Å². The number of nitriles is 1. The largest absolute Gasteiger partial charge is 0.307 e. The van der Waals surface area contributed by atoms with Crippen molar-refractivity contribution in [1.82, 2.24) is 9.55 Å². The molecule has 0 unspecified atom stereocenters. The van der Waals surface area contributed by atoms with Gasteiger partial charge in [-0.3, -0.25) is 10.1 Å². The highest BCUT2D eigenvalue weighted by Gasteiger charge is 2.29. The molecule has 0 saturated heterocycles. The second kappa shape index (κ2) is 7.32. The number of hydrogen-bond donors (Lipinski definition) is 1. The Morgan fingerprint density at radius 3 is 2.72 bits per heavy atom. The molecule has 6 heteroatoms. The zero-order valence-electron chi connectivity index (χ0n) is 16.6. The maximum Gasteiger partial charge on any atom is 0.227 e. The Balaban J connectivity index is 1.63. The second-order valence-corrected chi connectivity index (χ2v) is 8.29. The number of nitrogens with zero attached hydrogens (tertiary/aromatic N) is 3. The number of imidazole rings is 1. The van der Waals surface area contributed by atoms with E-state index in [1.54, 1.807) is 24.3 Å². The molecule has 0 radical (unpaired) electrons. The molecule has 0 spiro atoms. The number of anilines is 1. The molecule has 3 aromatic rings. The van der Waals surface area contributed by atoms with Crippen molar-refractivity contribution in [2.45, 2.75) is 51.0 Å². The second-order valence-electron chi connectivity index (χ2n) is 8.29. The first-order valence-corrected chi connectivity index (χ1v) is 9.86. The fourth-order valence-corrected chi connectivity index (χ4v) is 3.94. The lowest BCUT2D eigenvalue weighted by molar-refractivity contribution is -0.117. The molecule has 1 amide bonds. The van der Waals surface area contributed by atoms with Gasteiger partial charge in [0.2, 0.25) is 11.9 Å². The summed E-state index contributed by atoms with van der Waals surface area (Å²) < 4.78 is 16.3. The minimum absolute atomic E-state index is 0.130. The summed E-state index contributed by atoms with van der Waals surface area (Å²) >= 11 is 0. The molecule has 1 aliphatic rings. The van der Waals surface area contributed by atoms with Crippen LogP contribution in [-0.2, 0) is 10.2 Å². The molecule has 0 bridgehead atoms. The Morgan fingerprint density at radius 2 is 2.07 bits per heavy atom. The van der Waals surface area contributed by atoms with Crippen molar-refractivity contribution in [1.29, 1.82) is 5.26 Å². The summed E-state index contributed by atoms with van der Waals surface area (Å²) in [5, 5.41) is 12.2. The third kappa shape index (κ3) is 3.61. The minimum atomic E-state index is -0.656. The lowest BCUT2D eigenvalue weighted by atomic mass is 9.81. The number of rotatable bonds is 5. The van der Waals surface area contributed by atoms with E-state index >= 15 is 0 Å². The number of nitrogens with one attached hydrogen (secondary N) is 1. The molecule has 1 aromatic heterocycles. The predicted octanol–water partition coefficient (Wildman–Crippen LogP) is 5.08. The molecular weight excluding hydrogens is 367 g/mol. The van der Waals surface area contributed by atoms with E-state index < -0.39 is 5.41 Å². The van der Waals surface area contributed by atoms with E-state index in [0.29, 0.717) is 17.1 Å². The minimum Gasteiger partial charge on any atom is -0.307 e. The van der Waals surface area contributed by atoms with E-state index in [0.717, 1.165) is 30.3 Å². The van der Waals surface area contributed by atoms with Gasteiger partial charge in [0.05, 0.1) is 22.7 Å². The smallest absolute Gasteiger partial charge is 0.227 e. The van der Waals surface area contributed by atoms with E-state index in [1.165, 1.54) is 6.07 Å². The Labute approximate surface area is 169 Å². The van der Waals surface area contributed by atoms with Gasteiger partial charge in [0.15, 0.2) is 0 Å². The van der Waals surface area contributed by atoms with Gasteiger partial charge in [-0.25, -0.2) is 9.37 Å². The summed E-state index contributed by atoms with van der Waals surface area (Å²) in [5.41, 5.74) is 2.03. The third-order valence-corrected chi connectivity index (χ3v) is 5.72. The van der Waals surface area contributed by atoms with Crippen LogP contribution in [0, 0.1) is 17.1 Å². The number of carbonyl (C=O) groups excluding carboxylic acids is 1. The van der Waals surface area contributed by atoms with Crippen molar-refractivity contribution in [3.05, 3.63) is 59.4 Å². The van der Waals surface area contributed by atoms with Crippen LogP contribution >= 0.6 is 0 Å².